The van der Waals surface area contributed by atoms with Crippen molar-refractivity contribution in [3.63, 3.8) is 0 Å². The van der Waals surface area contributed by atoms with Gasteiger partial charge in [0.1, 0.15) is 11.9 Å². The van der Waals surface area contributed by atoms with Gasteiger partial charge in [-0.05, 0) is 48.5 Å². The molecule has 7 heteroatoms. The monoisotopic (exact) mass is 327 g/mol. The van der Waals surface area contributed by atoms with Crippen molar-refractivity contribution in [3.8, 4) is 0 Å². The number of benzene rings is 2. The lowest BCUT2D eigenvalue weighted by Gasteiger charge is -2.16. The molecule has 2 aromatic rings. The van der Waals surface area contributed by atoms with E-state index in [0.717, 1.165) is 4.90 Å². The second-order valence-electron chi connectivity index (χ2n) is 5.39. The molecule has 0 aliphatic carbocycles. The molecular formula is C17H14FN3O3. The average molecular weight is 327 g/mol. The summed E-state index contributed by atoms with van der Waals surface area (Å²) >= 11 is 0. The summed E-state index contributed by atoms with van der Waals surface area (Å²) in [6.45, 7) is 0. The molecule has 3 rings (SSSR count). The van der Waals surface area contributed by atoms with Crippen LogP contribution < -0.4 is 16.0 Å². The van der Waals surface area contributed by atoms with Gasteiger partial charge < -0.3 is 11.1 Å². The Morgan fingerprint density at radius 3 is 2.29 bits per heavy atom. The zero-order valence-electron chi connectivity index (χ0n) is 12.5. The molecule has 2 aromatic carbocycles. The largest absolute Gasteiger partial charge is 0.373 e. The minimum absolute atomic E-state index is 0.00617. The van der Waals surface area contributed by atoms with Crippen molar-refractivity contribution in [2.75, 3.05) is 10.2 Å². The number of amides is 3. The molecule has 1 fully saturated rings. The number of imide groups is 1. The number of rotatable bonds is 4. The number of carbonyl (C=O) groups excluding carboxylic acids is 3. The van der Waals surface area contributed by atoms with Crippen molar-refractivity contribution in [2.24, 2.45) is 5.73 Å². The van der Waals surface area contributed by atoms with Crippen molar-refractivity contribution in [1.29, 1.82) is 0 Å². The third-order valence-electron chi connectivity index (χ3n) is 3.74. The van der Waals surface area contributed by atoms with Gasteiger partial charge >= 0.3 is 0 Å². The Labute approximate surface area is 137 Å². The Morgan fingerprint density at radius 2 is 1.71 bits per heavy atom. The molecule has 0 spiro atoms. The van der Waals surface area contributed by atoms with Gasteiger partial charge in [-0.1, -0.05) is 0 Å². The van der Waals surface area contributed by atoms with E-state index in [9.17, 15) is 18.8 Å². The molecule has 3 amide bonds. The second-order valence-corrected chi connectivity index (χ2v) is 5.39. The number of carbonyl (C=O) groups is 3. The van der Waals surface area contributed by atoms with E-state index in [0.29, 0.717) is 16.9 Å². The van der Waals surface area contributed by atoms with Crippen LogP contribution in [0.4, 0.5) is 15.8 Å². The number of primary amides is 1. The van der Waals surface area contributed by atoms with E-state index in [1.54, 1.807) is 12.1 Å². The fourth-order valence-electron chi connectivity index (χ4n) is 2.54. The van der Waals surface area contributed by atoms with Crippen LogP contribution >= 0.6 is 0 Å². The molecule has 1 saturated heterocycles. The molecule has 1 unspecified atom stereocenters. The lowest BCUT2D eigenvalue weighted by molar-refractivity contribution is -0.121. The molecule has 122 valence electrons. The Hall–Kier alpha value is -3.22. The van der Waals surface area contributed by atoms with Crippen molar-refractivity contribution in [1.82, 2.24) is 0 Å². The summed E-state index contributed by atoms with van der Waals surface area (Å²) in [6, 6.07) is 10.7. The standard InChI is InChI=1S/C17H14FN3O3/c18-11-3-7-13(8-4-11)21-15(22)9-14(17(21)24)20-12-5-1-10(2-6-12)16(19)23/h1-8,14,20H,9H2,(H2,19,23). The highest BCUT2D eigenvalue weighted by Gasteiger charge is 2.39. The topological polar surface area (TPSA) is 92.5 Å². The maximum absolute atomic E-state index is 13.0. The quantitative estimate of drug-likeness (QED) is 0.836. The number of nitrogens with one attached hydrogen (secondary N) is 1. The van der Waals surface area contributed by atoms with Crippen LogP contribution in [0.25, 0.3) is 0 Å². The van der Waals surface area contributed by atoms with Crippen LogP contribution in [-0.4, -0.2) is 23.8 Å². The molecule has 1 aliphatic heterocycles. The number of halogens is 1. The first kappa shape index (κ1) is 15.7. The molecule has 24 heavy (non-hydrogen) atoms. The summed E-state index contributed by atoms with van der Waals surface area (Å²) in [4.78, 5) is 36.7. The first-order chi connectivity index (χ1) is 11.5. The van der Waals surface area contributed by atoms with Gasteiger partial charge in [-0.25, -0.2) is 9.29 Å². The smallest absolute Gasteiger partial charge is 0.256 e. The fraction of sp³-hybridized carbons (Fsp3) is 0.118. The maximum atomic E-state index is 13.0. The summed E-state index contributed by atoms with van der Waals surface area (Å²) in [5.74, 6) is -1.76. The highest BCUT2D eigenvalue weighted by Crippen LogP contribution is 2.25. The number of hydrogen-bond donors (Lipinski definition) is 2. The van der Waals surface area contributed by atoms with Crippen molar-refractivity contribution in [3.05, 3.63) is 59.9 Å². The Morgan fingerprint density at radius 1 is 1.08 bits per heavy atom. The molecule has 1 heterocycles. The predicted molar refractivity (Wildman–Crippen MR) is 85.9 cm³/mol. The summed E-state index contributed by atoms with van der Waals surface area (Å²) in [5, 5.41) is 2.96. The van der Waals surface area contributed by atoms with Gasteiger partial charge in [-0.15, -0.1) is 0 Å². The average Bonchev–Trinajstić information content (AvgIpc) is 2.83. The third kappa shape index (κ3) is 2.96. The van der Waals surface area contributed by atoms with E-state index >= 15 is 0 Å². The predicted octanol–water partition coefficient (Wildman–Crippen LogP) is 1.67. The number of nitrogens with zero attached hydrogens (tertiary/aromatic N) is 1. The molecule has 3 N–H and O–H groups in total. The number of anilines is 2. The molecule has 0 radical (unpaired) electrons. The highest BCUT2D eigenvalue weighted by molar-refractivity contribution is 6.23. The summed E-state index contributed by atoms with van der Waals surface area (Å²) in [6.07, 6.45) is -0.00617. The van der Waals surface area contributed by atoms with Crippen LogP contribution in [0.3, 0.4) is 0 Å². The zero-order chi connectivity index (χ0) is 17.3. The van der Waals surface area contributed by atoms with E-state index in [4.69, 9.17) is 5.73 Å². The second kappa shape index (κ2) is 6.11. The zero-order valence-corrected chi connectivity index (χ0v) is 12.5. The molecule has 0 aromatic heterocycles. The normalized spacial score (nSPS) is 17.2. The van der Waals surface area contributed by atoms with Gasteiger partial charge in [0.25, 0.3) is 5.91 Å². The van der Waals surface area contributed by atoms with Crippen molar-refractivity contribution < 1.29 is 18.8 Å². The van der Waals surface area contributed by atoms with Crippen molar-refractivity contribution in [2.45, 2.75) is 12.5 Å². The van der Waals surface area contributed by atoms with E-state index in [2.05, 4.69) is 5.32 Å². The number of hydrogen-bond acceptors (Lipinski definition) is 4. The number of nitrogens with two attached hydrogens (primary N) is 1. The lowest BCUT2D eigenvalue weighted by Crippen LogP contribution is -2.34. The Kier molecular flexibility index (Phi) is 3.99. The van der Waals surface area contributed by atoms with Crippen LogP contribution in [0.1, 0.15) is 16.8 Å². The van der Waals surface area contributed by atoms with Gasteiger partial charge in [0, 0.05) is 11.3 Å². The van der Waals surface area contributed by atoms with E-state index < -0.39 is 23.7 Å². The van der Waals surface area contributed by atoms with Gasteiger partial charge in [0.15, 0.2) is 0 Å². The molecular weight excluding hydrogens is 313 g/mol. The maximum Gasteiger partial charge on any atom is 0.256 e. The van der Waals surface area contributed by atoms with Crippen LogP contribution in [0, 0.1) is 5.82 Å². The molecule has 6 nitrogen and oxygen atoms in total. The third-order valence-corrected chi connectivity index (χ3v) is 3.74. The van der Waals surface area contributed by atoms with Crippen LogP contribution in [-0.2, 0) is 9.59 Å². The van der Waals surface area contributed by atoms with Crippen LogP contribution in [0.2, 0.25) is 0 Å². The summed E-state index contributed by atoms with van der Waals surface area (Å²) in [5.41, 5.74) is 6.44. The van der Waals surface area contributed by atoms with Gasteiger partial charge in [0.2, 0.25) is 11.8 Å². The van der Waals surface area contributed by atoms with Crippen molar-refractivity contribution >= 4 is 29.1 Å². The van der Waals surface area contributed by atoms with E-state index in [1.807, 2.05) is 0 Å². The Balaban J connectivity index is 1.76. The van der Waals surface area contributed by atoms with Gasteiger partial charge in [-0.3, -0.25) is 14.4 Å². The molecule has 0 saturated carbocycles. The highest BCUT2D eigenvalue weighted by atomic mass is 19.1. The van der Waals surface area contributed by atoms with Gasteiger partial charge in [0.05, 0.1) is 12.1 Å². The summed E-state index contributed by atoms with van der Waals surface area (Å²) in [7, 11) is 0. The summed E-state index contributed by atoms with van der Waals surface area (Å²) < 4.78 is 13.0. The van der Waals surface area contributed by atoms with Crippen LogP contribution in [0.15, 0.2) is 48.5 Å². The molecule has 1 atom stereocenters. The SMILES string of the molecule is NC(=O)c1ccc(NC2CC(=O)N(c3ccc(F)cc3)C2=O)cc1. The molecule has 1 aliphatic rings. The van der Waals surface area contributed by atoms with E-state index in [1.165, 1.54) is 36.4 Å². The first-order valence-corrected chi connectivity index (χ1v) is 7.24. The van der Waals surface area contributed by atoms with Crippen LogP contribution in [0.5, 0.6) is 0 Å². The minimum Gasteiger partial charge on any atom is -0.373 e. The van der Waals surface area contributed by atoms with E-state index in [-0.39, 0.29) is 12.3 Å². The minimum atomic E-state index is -0.720. The lowest BCUT2D eigenvalue weighted by atomic mass is 10.1. The van der Waals surface area contributed by atoms with Gasteiger partial charge in [-0.2, -0.15) is 0 Å². The Bertz CT molecular complexity index is 803. The first-order valence-electron chi connectivity index (χ1n) is 7.24. The molecule has 0 bridgehead atoms. The fourth-order valence-corrected chi connectivity index (χ4v) is 2.54.